The third kappa shape index (κ3) is 16.6. The van der Waals surface area contributed by atoms with Crippen molar-refractivity contribution in [2.24, 2.45) is 0 Å². The third-order valence-electron chi connectivity index (χ3n) is 14.5. The van der Waals surface area contributed by atoms with Crippen molar-refractivity contribution in [3.8, 4) is 0 Å². The predicted molar refractivity (Wildman–Crippen MR) is 313 cm³/mol. The summed E-state index contributed by atoms with van der Waals surface area (Å²) in [6, 6.07) is 70.3. The molecule has 434 valence electrons. The van der Waals surface area contributed by atoms with Gasteiger partial charge in [-0.3, -0.25) is 20.2 Å². The van der Waals surface area contributed by atoms with Gasteiger partial charge in [-0.2, -0.15) is 0 Å². The lowest BCUT2D eigenvalue weighted by atomic mass is 9.95. The van der Waals surface area contributed by atoms with Gasteiger partial charge >= 0.3 is 0 Å². The Bertz CT molecular complexity index is 3230. The number of nitro groups is 2. The monoisotopic (exact) mass is 1140 g/mol. The minimum atomic E-state index is -1.32. The minimum absolute atomic E-state index is 0.00220. The molecule has 0 saturated carbocycles. The summed E-state index contributed by atoms with van der Waals surface area (Å²) in [5.41, 5.74) is 5.19. The number of nitrogens with zero attached hydrogens (tertiary/aromatic N) is 2. The van der Waals surface area contributed by atoms with E-state index in [4.69, 9.17) is 47.4 Å². The number of nitrogens with one attached hydrogen (secondary N) is 1. The highest BCUT2D eigenvalue weighted by molar-refractivity contribution is 5.66. The molecule has 2 heterocycles. The zero-order valence-electron chi connectivity index (χ0n) is 46.2. The number of non-ortho nitro benzene ring substituents is 1. The van der Waals surface area contributed by atoms with Crippen molar-refractivity contribution in [1.82, 2.24) is 0 Å². The number of nitro benzene ring substituents is 2. The van der Waals surface area contributed by atoms with E-state index >= 15 is 0 Å². The second-order valence-corrected chi connectivity index (χ2v) is 20.4. The lowest BCUT2D eigenvalue weighted by Gasteiger charge is -2.48. The molecule has 0 radical (unpaired) electrons. The normalized spacial score (nSPS) is 22.2. The maximum Gasteiger partial charge on any atom is 0.299 e. The first-order valence-electron chi connectivity index (χ1n) is 28.0. The molecule has 8 aromatic carbocycles. The number of hydrogen-bond acceptors (Lipinski definition) is 15. The van der Waals surface area contributed by atoms with Crippen molar-refractivity contribution >= 4 is 17.1 Å². The van der Waals surface area contributed by atoms with E-state index in [1.807, 2.05) is 212 Å². The molecule has 2 saturated heterocycles. The van der Waals surface area contributed by atoms with Crippen LogP contribution >= 0.6 is 0 Å². The van der Waals surface area contributed by atoms with Crippen molar-refractivity contribution in [2.45, 2.75) is 108 Å². The smallest absolute Gasteiger partial charge is 0.299 e. The molecule has 84 heavy (non-hydrogen) atoms. The first-order valence-corrected chi connectivity index (χ1v) is 28.0. The van der Waals surface area contributed by atoms with E-state index in [-0.39, 0.29) is 65.1 Å². The SMILES string of the molecule is O=[N+]([O-])c1ccc(N[C@H]2[C@H](OC[C@H]3O[C@@H](OCc4ccccc4)[C@H](OCc4ccccc4)[C@@H](OCc4ccccc4)[C@@H]3OCc3ccccc3)O[C@H](COCc3ccccc3)[C@@H](OCc3ccccc3)[C@@H]2OCc2ccccc2)c([N+](=O)[O-])c1. The molecule has 10 rings (SSSR count). The molecular weight excluding hydrogens is 1070 g/mol. The van der Waals surface area contributed by atoms with Gasteiger partial charge in [-0.15, -0.1) is 0 Å². The number of rotatable bonds is 29. The van der Waals surface area contributed by atoms with Crippen LogP contribution in [0.4, 0.5) is 17.1 Å². The average molecular weight is 1140 g/mol. The van der Waals surface area contributed by atoms with Crippen LogP contribution in [-0.4, -0.2) is 84.4 Å². The lowest BCUT2D eigenvalue weighted by molar-refractivity contribution is -0.393. The summed E-state index contributed by atoms with van der Waals surface area (Å²) in [7, 11) is 0. The Balaban J connectivity index is 1.05. The molecule has 2 fully saturated rings. The van der Waals surface area contributed by atoms with Crippen molar-refractivity contribution in [3.63, 3.8) is 0 Å². The van der Waals surface area contributed by atoms with Crippen molar-refractivity contribution < 1.29 is 57.2 Å². The van der Waals surface area contributed by atoms with Gasteiger partial charge < -0.3 is 52.7 Å². The Kier molecular flexibility index (Phi) is 21.5. The summed E-state index contributed by atoms with van der Waals surface area (Å²) in [5, 5.41) is 28.3. The zero-order chi connectivity index (χ0) is 57.7. The minimum Gasteiger partial charge on any atom is -0.374 e. The van der Waals surface area contributed by atoms with Crippen LogP contribution in [0.15, 0.2) is 231 Å². The van der Waals surface area contributed by atoms with Gasteiger partial charge in [-0.05, 0) is 45.0 Å². The van der Waals surface area contributed by atoms with Crippen molar-refractivity contribution in [3.05, 3.63) is 290 Å². The van der Waals surface area contributed by atoms with Crippen LogP contribution in [0.25, 0.3) is 0 Å². The Morgan fingerprint density at radius 2 is 0.714 bits per heavy atom. The van der Waals surface area contributed by atoms with Crippen LogP contribution in [0.2, 0.25) is 0 Å². The molecule has 0 aromatic heterocycles. The summed E-state index contributed by atoms with van der Waals surface area (Å²) in [4.78, 5) is 23.6. The van der Waals surface area contributed by atoms with E-state index in [1.54, 1.807) is 0 Å². The summed E-state index contributed by atoms with van der Waals surface area (Å²) >= 11 is 0. The van der Waals surface area contributed by atoms with Crippen LogP contribution < -0.4 is 5.32 Å². The fourth-order valence-electron chi connectivity index (χ4n) is 10.2. The second kappa shape index (κ2) is 30.5. The summed E-state index contributed by atoms with van der Waals surface area (Å²) < 4.78 is 69.4. The van der Waals surface area contributed by atoms with Crippen LogP contribution in [-0.2, 0) is 93.6 Å². The Labute approximate surface area is 488 Å². The van der Waals surface area contributed by atoms with E-state index in [1.165, 1.54) is 12.1 Å². The molecule has 1 N–H and O–H groups in total. The first-order chi connectivity index (χ1) is 41.3. The third-order valence-corrected chi connectivity index (χ3v) is 14.5. The maximum atomic E-state index is 12.9. The highest BCUT2D eigenvalue weighted by atomic mass is 16.7. The molecular formula is C67H67N3O14. The highest BCUT2D eigenvalue weighted by Crippen LogP contribution is 2.37. The zero-order valence-corrected chi connectivity index (χ0v) is 46.2. The fraction of sp³-hybridized carbons (Fsp3) is 0.284. The van der Waals surface area contributed by atoms with Crippen LogP contribution in [0.5, 0.6) is 0 Å². The van der Waals surface area contributed by atoms with Gasteiger partial charge in [0.1, 0.15) is 54.5 Å². The molecule has 0 unspecified atom stereocenters. The molecule has 0 spiro atoms. The first kappa shape index (κ1) is 59.1. The van der Waals surface area contributed by atoms with Gasteiger partial charge in [0.05, 0.1) is 75.4 Å². The van der Waals surface area contributed by atoms with Crippen molar-refractivity contribution in [2.75, 3.05) is 18.5 Å². The molecule has 17 heteroatoms. The molecule has 2 aliphatic heterocycles. The van der Waals surface area contributed by atoms with E-state index in [9.17, 15) is 20.2 Å². The molecule has 0 aliphatic carbocycles. The largest absolute Gasteiger partial charge is 0.374 e. The summed E-state index contributed by atoms with van der Waals surface area (Å²) in [6.07, 6.45) is -8.75. The van der Waals surface area contributed by atoms with Crippen LogP contribution in [0, 0.1) is 20.2 Å². The van der Waals surface area contributed by atoms with E-state index in [2.05, 4.69) is 5.32 Å². The van der Waals surface area contributed by atoms with E-state index in [0.717, 1.165) is 45.0 Å². The van der Waals surface area contributed by atoms with Crippen LogP contribution in [0.3, 0.4) is 0 Å². The molecule has 8 aromatic rings. The fourth-order valence-corrected chi connectivity index (χ4v) is 10.2. The van der Waals surface area contributed by atoms with E-state index < -0.39 is 82.6 Å². The number of anilines is 1. The average Bonchev–Trinajstić information content (AvgIpc) is 2.38. The van der Waals surface area contributed by atoms with Gasteiger partial charge in [-0.25, -0.2) is 0 Å². The van der Waals surface area contributed by atoms with Gasteiger partial charge in [-0.1, -0.05) is 212 Å². The molecule has 2 aliphatic rings. The standard InChI is InChI=1S/C67H67N3O14/c71-69(72)55-36-37-56(57(38-55)70(73)74)68-60-63(78-42-51-28-14-4-15-29-51)61(76-40-49-24-10-2-11-25-49)58(46-75-39-48-22-8-1-9-23-48)83-66(60)82-47-59-62(77-41-50-26-12-3-13-27-50)64(79-43-52-30-16-5-17-31-52)65(80-44-53-32-18-6-19-33-53)67(84-59)81-45-54-34-20-7-21-35-54/h1-38,58-68H,39-47H2/t58-,59-,60-,61-,62-,63-,64+,65-,66-,67-/m1/s1. The molecule has 0 amide bonds. The Hall–Kier alpha value is -8.04. The molecule has 17 nitrogen and oxygen atoms in total. The molecule has 0 bridgehead atoms. The lowest BCUT2D eigenvalue weighted by Crippen LogP contribution is -2.65. The summed E-state index contributed by atoms with van der Waals surface area (Å²) in [5.74, 6) is 0. The number of ether oxygens (including phenoxy) is 10. The highest BCUT2D eigenvalue weighted by Gasteiger charge is 2.52. The van der Waals surface area contributed by atoms with Crippen molar-refractivity contribution in [1.29, 1.82) is 0 Å². The van der Waals surface area contributed by atoms with Gasteiger partial charge in [0.25, 0.3) is 11.4 Å². The van der Waals surface area contributed by atoms with Crippen LogP contribution in [0.1, 0.15) is 38.9 Å². The van der Waals surface area contributed by atoms with Gasteiger partial charge in [0.15, 0.2) is 12.6 Å². The molecule has 10 atom stereocenters. The van der Waals surface area contributed by atoms with Gasteiger partial charge in [0.2, 0.25) is 0 Å². The van der Waals surface area contributed by atoms with Gasteiger partial charge in [0, 0.05) is 6.07 Å². The Morgan fingerprint density at radius 1 is 0.357 bits per heavy atom. The second-order valence-electron chi connectivity index (χ2n) is 20.4. The van der Waals surface area contributed by atoms with E-state index in [0.29, 0.717) is 0 Å². The maximum absolute atomic E-state index is 12.9. The topological polar surface area (TPSA) is 191 Å². The quantitative estimate of drug-likeness (QED) is 0.0344. The number of hydrogen-bond donors (Lipinski definition) is 1. The Morgan fingerprint density at radius 3 is 1.14 bits per heavy atom. The predicted octanol–water partition coefficient (Wildman–Crippen LogP) is 12.1. The number of benzene rings is 8. The summed E-state index contributed by atoms with van der Waals surface area (Å²) in [6.45, 7) is 0.904.